The fraction of sp³-hybridized carbons (Fsp3) is 0.677. The van der Waals surface area contributed by atoms with Gasteiger partial charge in [0.25, 0.3) is 7.82 Å². The van der Waals surface area contributed by atoms with Crippen LogP contribution >= 0.6 is 7.82 Å². The molecule has 0 aromatic heterocycles. The Morgan fingerprint density at radius 2 is 0.903 bits per heavy atom. The molecule has 0 aromatic carbocycles. The van der Waals surface area contributed by atoms with Crippen molar-refractivity contribution in [1.29, 1.82) is 0 Å². The van der Waals surface area contributed by atoms with Crippen molar-refractivity contribution in [2.45, 2.75) is 232 Å². The highest BCUT2D eigenvalue weighted by atomic mass is 31.2. The van der Waals surface area contributed by atoms with Gasteiger partial charge in [0, 0.05) is 12.8 Å². The first-order valence-electron chi connectivity index (χ1n) is 28.7. The Hall–Kier alpha value is -3.33. The molecule has 72 heavy (non-hydrogen) atoms. The highest BCUT2D eigenvalue weighted by Gasteiger charge is 2.27. The molecule has 0 saturated carbocycles. The molecule has 3 unspecified atom stereocenters. The van der Waals surface area contributed by atoms with Crippen LogP contribution < -0.4 is 10.2 Å². The van der Waals surface area contributed by atoms with Gasteiger partial charge in [0.15, 0.2) is 0 Å². The number of hydrogen-bond donors (Lipinski definition) is 1. The van der Waals surface area contributed by atoms with E-state index in [4.69, 9.17) is 13.8 Å². The summed E-state index contributed by atoms with van der Waals surface area (Å²) in [6.07, 6.45) is 69.1. The van der Waals surface area contributed by atoms with Crippen LogP contribution in [0.25, 0.3) is 0 Å². The van der Waals surface area contributed by atoms with Crippen molar-refractivity contribution < 1.29 is 37.3 Å². The lowest BCUT2D eigenvalue weighted by atomic mass is 10.0. The van der Waals surface area contributed by atoms with Crippen molar-refractivity contribution in [3.63, 3.8) is 0 Å². The normalized spacial score (nSPS) is 14.6. The number of carbonyl (C=O) groups excluding carboxylic acids is 2. The minimum Gasteiger partial charge on any atom is -0.756 e. The van der Waals surface area contributed by atoms with Crippen LogP contribution in [0.2, 0.25) is 0 Å². The maximum atomic E-state index is 13.5. The highest BCUT2D eigenvalue weighted by Crippen LogP contribution is 2.38. The summed E-state index contributed by atoms with van der Waals surface area (Å²) in [5.41, 5.74) is 0. The molecule has 412 valence electrons. The van der Waals surface area contributed by atoms with E-state index in [-0.39, 0.29) is 25.4 Å². The number of nitrogens with zero attached hydrogens (tertiary/aromatic N) is 1. The number of amides is 1. The number of ether oxygens (including phenoxy) is 1. The molecule has 0 aromatic rings. The predicted octanol–water partition coefficient (Wildman–Crippen LogP) is 16.7. The number of hydrogen-bond acceptors (Lipinski definition) is 7. The predicted molar refractivity (Wildman–Crippen MR) is 307 cm³/mol. The summed E-state index contributed by atoms with van der Waals surface area (Å²) in [4.78, 5) is 39.9. The lowest BCUT2D eigenvalue weighted by Crippen LogP contribution is -2.47. The zero-order valence-electron chi connectivity index (χ0n) is 46.8. The summed E-state index contributed by atoms with van der Waals surface area (Å²) in [7, 11) is 1.13. The van der Waals surface area contributed by atoms with Crippen LogP contribution in [0.5, 0.6) is 0 Å². The zero-order chi connectivity index (χ0) is 52.9. The molecule has 10 heteroatoms. The van der Waals surface area contributed by atoms with Crippen molar-refractivity contribution >= 4 is 19.7 Å². The van der Waals surface area contributed by atoms with Gasteiger partial charge < -0.3 is 28.5 Å². The first kappa shape index (κ1) is 68.7. The Bertz CT molecular complexity index is 1600. The number of nitrogens with one attached hydrogen (secondary N) is 1. The van der Waals surface area contributed by atoms with E-state index in [1.165, 1.54) is 57.8 Å². The zero-order valence-corrected chi connectivity index (χ0v) is 47.7. The fourth-order valence-corrected chi connectivity index (χ4v) is 8.29. The fourth-order valence-electron chi connectivity index (χ4n) is 7.57. The minimum absolute atomic E-state index is 0.0395. The Morgan fingerprint density at radius 1 is 0.500 bits per heavy atom. The summed E-state index contributed by atoms with van der Waals surface area (Å²) >= 11 is 0. The van der Waals surface area contributed by atoms with E-state index >= 15 is 0 Å². The van der Waals surface area contributed by atoms with Crippen molar-refractivity contribution in [1.82, 2.24) is 5.32 Å². The Kier molecular flexibility index (Phi) is 48.8. The highest BCUT2D eigenvalue weighted by molar-refractivity contribution is 7.45. The van der Waals surface area contributed by atoms with Gasteiger partial charge in [0.2, 0.25) is 5.91 Å². The van der Waals surface area contributed by atoms with Gasteiger partial charge in [-0.1, -0.05) is 214 Å². The van der Waals surface area contributed by atoms with Crippen molar-refractivity contribution in [3.8, 4) is 0 Å². The third kappa shape index (κ3) is 51.6. The van der Waals surface area contributed by atoms with Crippen LogP contribution in [0, 0.1) is 0 Å². The third-order valence-corrected chi connectivity index (χ3v) is 12.9. The third-order valence-electron chi connectivity index (χ3n) is 11.9. The SMILES string of the molecule is CC/C=C\C/C=C\C/C=C\C/C=C\C/C=C\CCCC(=O)OC(/C=C/CCCCCCCCCCCCC)C(COP(=O)([O-])OCC[N+](C)(C)C)NC(=O)CCCCCCCC/C=C/C/C=C/C/C=C/CC. The average Bonchev–Trinajstić information content (AvgIpc) is 3.34. The number of unbranched alkanes of at least 4 members (excludes halogenated alkanes) is 18. The van der Waals surface area contributed by atoms with Crippen LogP contribution in [0.3, 0.4) is 0 Å². The van der Waals surface area contributed by atoms with E-state index < -0.39 is 32.5 Å². The smallest absolute Gasteiger partial charge is 0.306 e. The van der Waals surface area contributed by atoms with Gasteiger partial charge in [-0.3, -0.25) is 14.2 Å². The number of phosphoric acid groups is 1. The number of likely N-dealkylation sites (N-methyl/N-ethyl adjacent to an activating group) is 1. The molecule has 0 heterocycles. The number of esters is 1. The lowest BCUT2D eigenvalue weighted by Gasteiger charge is -2.30. The van der Waals surface area contributed by atoms with Gasteiger partial charge in [0.05, 0.1) is 33.8 Å². The molecular formula is C62H107N2O7P. The van der Waals surface area contributed by atoms with Gasteiger partial charge in [-0.2, -0.15) is 0 Å². The standard InChI is InChI=1S/C62H107N2O7P/c1-7-10-13-16-19-22-25-28-30-32-34-37-40-43-46-49-52-55-62(66)71-60(53-50-47-44-41-38-35-27-24-21-18-15-12-9-3)59(58-70-72(67,68)69-57-56-64(4,5)6)63-61(65)54-51-48-45-42-39-36-33-31-29-26-23-20-17-14-11-8-2/h10-11,13-14,19-20,22-23,28-31,34,37,43,46,50,53,59-60H,7-9,12,15-18,21,24-27,32-33,35-36,38-42,44-45,47-49,51-52,54-58H2,1-6H3,(H-,63,65,67,68)/b13-10-,14-11+,22-19-,23-20+,30-28-,31-29+,37-34-,46-43-,53-50+. The molecule has 3 atom stereocenters. The lowest BCUT2D eigenvalue weighted by molar-refractivity contribution is -0.870. The number of rotatable bonds is 50. The van der Waals surface area contributed by atoms with Crippen LogP contribution in [0.1, 0.15) is 220 Å². The number of phosphoric ester groups is 1. The minimum atomic E-state index is -4.72. The van der Waals surface area contributed by atoms with E-state index in [0.717, 1.165) is 116 Å². The second-order valence-electron chi connectivity index (χ2n) is 20.0. The second kappa shape index (κ2) is 51.2. The molecule has 1 N–H and O–H groups in total. The van der Waals surface area contributed by atoms with Gasteiger partial charge >= 0.3 is 5.97 Å². The summed E-state index contributed by atoms with van der Waals surface area (Å²) in [6, 6.07) is -0.924. The van der Waals surface area contributed by atoms with E-state index in [0.29, 0.717) is 23.9 Å². The van der Waals surface area contributed by atoms with Crippen molar-refractivity contribution in [2.24, 2.45) is 0 Å². The Balaban J connectivity index is 5.50. The van der Waals surface area contributed by atoms with Crippen molar-refractivity contribution in [3.05, 3.63) is 109 Å². The Labute approximate surface area is 442 Å². The molecule has 0 radical (unpaired) electrons. The maximum absolute atomic E-state index is 13.5. The first-order valence-corrected chi connectivity index (χ1v) is 30.2. The summed E-state index contributed by atoms with van der Waals surface area (Å²) < 4.78 is 30.2. The van der Waals surface area contributed by atoms with Crippen LogP contribution in [-0.2, 0) is 27.9 Å². The van der Waals surface area contributed by atoms with Crippen LogP contribution in [0.15, 0.2) is 109 Å². The Morgan fingerprint density at radius 3 is 1.36 bits per heavy atom. The largest absolute Gasteiger partial charge is 0.756 e. The van der Waals surface area contributed by atoms with E-state index in [9.17, 15) is 19.0 Å². The second-order valence-corrected chi connectivity index (χ2v) is 21.4. The van der Waals surface area contributed by atoms with Gasteiger partial charge in [-0.25, -0.2) is 0 Å². The van der Waals surface area contributed by atoms with Crippen molar-refractivity contribution in [2.75, 3.05) is 40.9 Å². The molecule has 0 bridgehead atoms. The molecular weight excluding hydrogens is 916 g/mol. The van der Waals surface area contributed by atoms with Gasteiger partial charge in [0.1, 0.15) is 19.3 Å². The monoisotopic (exact) mass is 1020 g/mol. The quantitative estimate of drug-likeness (QED) is 0.0212. The molecule has 0 aliphatic rings. The van der Waals surface area contributed by atoms with Crippen LogP contribution in [-0.4, -0.2) is 69.4 Å². The summed E-state index contributed by atoms with van der Waals surface area (Å²) in [5.74, 6) is -0.632. The number of allylic oxidation sites excluding steroid dienone is 17. The first-order chi connectivity index (χ1) is 34.9. The molecule has 0 rings (SSSR count). The van der Waals surface area contributed by atoms with E-state index in [1.54, 1.807) is 6.08 Å². The molecule has 9 nitrogen and oxygen atoms in total. The summed E-state index contributed by atoms with van der Waals surface area (Å²) in [6.45, 7) is 6.55. The molecule has 1 amide bonds. The molecule has 0 aliphatic heterocycles. The maximum Gasteiger partial charge on any atom is 0.306 e. The van der Waals surface area contributed by atoms with Gasteiger partial charge in [-0.05, 0) is 102 Å². The molecule has 0 fully saturated rings. The van der Waals surface area contributed by atoms with E-state index in [1.807, 2.05) is 27.2 Å². The molecule has 0 saturated heterocycles. The average molecular weight is 1020 g/mol. The summed E-state index contributed by atoms with van der Waals surface area (Å²) in [5, 5.41) is 3.00. The number of quaternary nitrogens is 1. The van der Waals surface area contributed by atoms with Gasteiger partial charge in [-0.15, -0.1) is 0 Å². The number of carbonyl (C=O) groups is 2. The molecule has 0 spiro atoms. The topological polar surface area (TPSA) is 114 Å². The van der Waals surface area contributed by atoms with E-state index in [2.05, 4.69) is 123 Å². The van der Waals surface area contributed by atoms with Crippen LogP contribution in [0.4, 0.5) is 0 Å². The molecule has 0 aliphatic carbocycles.